The topological polar surface area (TPSA) is 121 Å². The molecule has 6 aromatic carbocycles. The van der Waals surface area contributed by atoms with E-state index in [1.807, 2.05) is 107 Å². The lowest BCUT2D eigenvalue weighted by atomic mass is 10.00. The van der Waals surface area contributed by atoms with Gasteiger partial charge in [-0.15, -0.1) is 0 Å². The van der Waals surface area contributed by atoms with Gasteiger partial charge in [-0.25, -0.2) is 0 Å². The molecule has 3 aliphatic rings. The SMILES string of the molecule is Oc1c(Br)cc(Br)cc1CS[C@H]1CCCCCC[C@@H]1SCc1cc(Br)cc(Br)c1O.Oc1c(Cl)cc(Cl)cc1CS[C@H]1CCCCCC[C@@H]1SCc1cc(Cl)cc(Cl)c1O.Oc1c(I)cc(I)cc1CS[C@H]1CCCCCC[C@@H]1SCc1cc(I)cc(I)c1O. The predicted octanol–water partition coefficient (Wildman–Crippen LogP) is 27.1. The molecule has 6 N–H and O–H groups in total. The molecule has 3 aliphatic carbocycles. The monoisotopic (exact) mass is 2120 g/mol. The molecule has 0 heterocycles. The van der Waals surface area contributed by atoms with Crippen molar-refractivity contribution in [1.82, 2.24) is 0 Å². The van der Waals surface area contributed by atoms with E-state index in [1.54, 1.807) is 24.3 Å². The maximum absolute atomic E-state index is 10.5. The highest BCUT2D eigenvalue weighted by Crippen LogP contribution is 2.46. The summed E-state index contributed by atoms with van der Waals surface area (Å²) in [6.45, 7) is 0. The van der Waals surface area contributed by atoms with Gasteiger partial charge < -0.3 is 30.6 Å². The molecular formula is C66H72Br4Cl4I4O6S6. The van der Waals surface area contributed by atoms with Gasteiger partial charge in [-0.05, 0) is 234 Å². The first-order chi connectivity index (χ1) is 43.0. The molecule has 0 bridgehead atoms. The Morgan fingerprint density at radius 1 is 0.311 bits per heavy atom. The minimum atomic E-state index is 0.113. The molecule has 0 spiro atoms. The van der Waals surface area contributed by atoms with E-state index >= 15 is 0 Å². The van der Waals surface area contributed by atoms with Crippen molar-refractivity contribution in [2.75, 3.05) is 0 Å². The normalized spacial score (nSPS) is 20.0. The van der Waals surface area contributed by atoms with Gasteiger partial charge in [0.05, 0.1) is 26.1 Å². The van der Waals surface area contributed by atoms with Crippen LogP contribution in [0.5, 0.6) is 34.5 Å². The molecule has 492 valence electrons. The predicted molar refractivity (Wildman–Crippen MR) is 444 cm³/mol. The third kappa shape index (κ3) is 25.7. The van der Waals surface area contributed by atoms with Crippen molar-refractivity contribution < 1.29 is 30.6 Å². The van der Waals surface area contributed by atoms with Gasteiger partial charge >= 0.3 is 0 Å². The van der Waals surface area contributed by atoms with Gasteiger partial charge in [-0.3, -0.25) is 0 Å². The fourth-order valence-electron chi connectivity index (χ4n) is 10.9. The van der Waals surface area contributed by atoms with Crippen LogP contribution >= 0.6 is 271 Å². The average Bonchev–Trinajstić information content (AvgIpc) is 2.19. The Morgan fingerprint density at radius 2 is 0.556 bits per heavy atom. The summed E-state index contributed by atoms with van der Waals surface area (Å²) >= 11 is 59.1. The Labute approximate surface area is 666 Å². The minimum absolute atomic E-state index is 0.113. The van der Waals surface area contributed by atoms with Crippen molar-refractivity contribution in [3.8, 4) is 34.5 Å². The van der Waals surface area contributed by atoms with E-state index in [2.05, 4.69) is 166 Å². The molecule has 6 atom stereocenters. The molecular weight excluding hydrogens is 2050 g/mol. The van der Waals surface area contributed by atoms with Crippen molar-refractivity contribution in [3.05, 3.63) is 158 Å². The molecule has 3 saturated carbocycles. The van der Waals surface area contributed by atoms with Crippen LogP contribution in [0.25, 0.3) is 0 Å². The van der Waals surface area contributed by atoms with Gasteiger partial charge in [0.25, 0.3) is 0 Å². The number of halogens is 12. The van der Waals surface area contributed by atoms with Crippen molar-refractivity contribution >= 4 is 271 Å². The van der Waals surface area contributed by atoms with Crippen molar-refractivity contribution in [1.29, 1.82) is 0 Å². The largest absolute Gasteiger partial charge is 0.507 e. The molecule has 0 aromatic heterocycles. The molecule has 6 nitrogen and oxygen atoms in total. The van der Waals surface area contributed by atoms with E-state index in [1.165, 1.54) is 110 Å². The third-order valence-electron chi connectivity index (χ3n) is 15.8. The van der Waals surface area contributed by atoms with Crippen LogP contribution in [0.2, 0.25) is 20.1 Å². The van der Waals surface area contributed by atoms with Gasteiger partial charge in [0.15, 0.2) is 0 Å². The second kappa shape index (κ2) is 41.2. The molecule has 0 radical (unpaired) electrons. The summed E-state index contributed by atoms with van der Waals surface area (Å²) in [6.07, 6.45) is 22.4. The number of hydrogen-bond acceptors (Lipinski definition) is 12. The van der Waals surface area contributed by atoms with E-state index in [9.17, 15) is 30.6 Å². The quantitative estimate of drug-likeness (QED) is 0.0460. The lowest BCUT2D eigenvalue weighted by Crippen LogP contribution is -2.22. The molecule has 6 aromatic rings. The highest BCUT2D eigenvalue weighted by Gasteiger charge is 2.29. The zero-order valence-electron chi connectivity index (χ0n) is 49.0. The van der Waals surface area contributed by atoms with Gasteiger partial charge in [0.1, 0.15) is 34.5 Å². The Balaban J connectivity index is 0.000000192. The van der Waals surface area contributed by atoms with E-state index in [4.69, 9.17) is 46.4 Å². The summed E-state index contributed by atoms with van der Waals surface area (Å²) in [7, 11) is 0. The smallest absolute Gasteiger partial charge is 0.138 e. The maximum Gasteiger partial charge on any atom is 0.138 e. The minimum Gasteiger partial charge on any atom is -0.507 e. The van der Waals surface area contributed by atoms with Gasteiger partial charge in [-0.2, -0.15) is 70.6 Å². The van der Waals surface area contributed by atoms with Crippen molar-refractivity contribution in [2.24, 2.45) is 0 Å². The van der Waals surface area contributed by atoms with Crippen molar-refractivity contribution in [2.45, 2.75) is 182 Å². The summed E-state index contributed by atoms with van der Waals surface area (Å²) in [6, 6.07) is 22.7. The summed E-state index contributed by atoms with van der Waals surface area (Å²) in [5.74, 6) is 6.38. The fourth-order valence-corrected chi connectivity index (χ4v) is 27.8. The van der Waals surface area contributed by atoms with Crippen molar-refractivity contribution in [3.63, 3.8) is 0 Å². The third-order valence-corrected chi connectivity index (χ3v) is 31.2. The standard InChI is InChI=1S/C22H24Br4O2S2.C22H24Cl4O2S2.C22H24I4O2S2/c3*23-15-7-13(21(27)17(25)9-15)11-29-19-5-3-1-2-4-6-20(19)30-12-14-8-16(24)10-18(26)22(14)28/h3*7-10,19-20,27-28H,1-6,11-12H2/t3*19-,20-/m000/s1. The lowest BCUT2D eigenvalue weighted by molar-refractivity contribution is 0.466. The van der Waals surface area contributed by atoms with Crippen LogP contribution in [0, 0.1) is 14.3 Å². The Morgan fingerprint density at radius 3 is 0.822 bits per heavy atom. The zero-order chi connectivity index (χ0) is 65.0. The molecule has 24 heteroatoms. The van der Waals surface area contributed by atoms with Crippen LogP contribution in [0.15, 0.2) is 90.7 Å². The molecule has 0 unspecified atom stereocenters. The Hall–Kier alpha value is 2.22. The van der Waals surface area contributed by atoms with Crippen LogP contribution in [-0.4, -0.2) is 62.1 Å². The number of aromatic hydroxyl groups is 6. The van der Waals surface area contributed by atoms with E-state index in [-0.39, 0.29) is 21.5 Å². The van der Waals surface area contributed by atoms with Gasteiger partial charge in [0.2, 0.25) is 0 Å². The zero-order valence-corrected chi connectivity index (χ0v) is 71.9. The Bertz CT molecular complexity index is 2780. The van der Waals surface area contributed by atoms with Crippen LogP contribution in [0.1, 0.15) is 149 Å². The molecule has 0 amide bonds. The van der Waals surface area contributed by atoms with Gasteiger partial charge in [-0.1, -0.05) is 155 Å². The number of hydrogen-bond donors (Lipinski definition) is 6. The van der Waals surface area contributed by atoms with E-state index < -0.39 is 0 Å². The number of rotatable bonds is 18. The first kappa shape index (κ1) is 79.5. The first-order valence-electron chi connectivity index (χ1n) is 29.8. The number of phenols is 6. The molecule has 3 fully saturated rings. The number of benzene rings is 6. The summed E-state index contributed by atoms with van der Waals surface area (Å²) in [5, 5.41) is 67.2. The average molecular weight is 2120 g/mol. The number of thioether (sulfide) groups is 6. The lowest BCUT2D eigenvalue weighted by Gasteiger charge is -2.29. The van der Waals surface area contributed by atoms with Crippen LogP contribution < -0.4 is 0 Å². The number of phenolic OH excluding ortho intramolecular Hbond substituents is 6. The fraction of sp³-hybridized carbons (Fsp3) is 0.455. The van der Waals surface area contributed by atoms with E-state index in [0.29, 0.717) is 76.0 Å². The highest BCUT2D eigenvalue weighted by molar-refractivity contribution is 14.1. The van der Waals surface area contributed by atoms with Gasteiger partial charge in [0, 0.05) is 126 Å². The van der Waals surface area contributed by atoms with Crippen LogP contribution in [0.4, 0.5) is 0 Å². The van der Waals surface area contributed by atoms with Crippen LogP contribution in [0.3, 0.4) is 0 Å². The highest BCUT2D eigenvalue weighted by atomic mass is 127. The summed E-state index contributed by atoms with van der Waals surface area (Å²) < 4.78 is 7.63. The molecule has 0 aliphatic heterocycles. The van der Waals surface area contributed by atoms with E-state index in [0.717, 1.165) is 94.3 Å². The van der Waals surface area contributed by atoms with Crippen LogP contribution in [-0.2, 0) is 34.5 Å². The second-order valence-electron chi connectivity index (χ2n) is 22.4. The second-order valence-corrected chi connectivity index (χ2v) is 39.9. The first-order valence-corrected chi connectivity index (χ1v) is 45.0. The molecule has 0 saturated heterocycles. The Kier molecular flexibility index (Phi) is 36.4. The summed E-state index contributed by atoms with van der Waals surface area (Å²) in [4.78, 5) is 0. The molecule has 9 rings (SSSR count). The summed E-state index contributed by atoms with van der Waals surface area (Å²) in [5.41, 5.74) is 5.55. The molecule has 90 heavy (non-hydrogen) atoms. The maximum atomic E-state index is 10.5.